The molecule has 1 saturated heterocycles. The van der Waals surface area contributed by atoms with E-state index in [1.807, 2.05) is 0 Å². The SMILES string of the molecule is COS(=O)(=O)C[C@@H]1CC[C@@H](NC(=O)OC(C)(C)C)CO1. The van der Waals surface area contributed by atoms with E-state index in [0.29, 0.717) is 12.8 Å². The van der Waals surface area contributed by atoms with Gasteiger partial charge in [0.25, 0.3) is 10.1 Å². The lowest BCUT2D eigenvalue weighted by molar-refractivity contribution is 0.00195. The molecule has 2 atom stereocenters. The second-order valence-corrected chi connectivity index (χ2v) is 7.55. The zero-order chi connectivity index (χ0) is 15.4. The third-order valence-corrected chi connectivity index (χ3v) is 4.02. The summed E-state index contributed by atoms with van der Waals surface area (Å²) in [6.07, 6.45) is 0.303. The quantitative estimate of drug-likeness (QED) is 0.780. The van der Waals surface area contributed by atoms with Crippen molar-refractivity contribution in [3.63, 3.8) is 0 Å². The minimum absolute atomic E-state index is 0.161. The number of rotatable bonds is 4. The first-order valence-corrected chi connectivity index (χ1v) is 8.08. The Kier molecular flexibility index (Phi) is 5.79. The van der Waals surface area contributed by atoms with Crippen LogP contribution in [0.5, 0.6) is 0 Å². The lowest BCUT2D eigenvalue weighted by Crippen LogP contribution is -2.45. The summed E-state index contributed by atoms with van der Waals surface area (Å²) in [4.78, 5) is 11.6. The summed E-state index contributed by atoms with van der Waals surface area (Å²) >= 11 is 0. The second kappa shape index (κ2) is 6.73. The van der Waals surface area contributed by atoms with E-state index < -0.39 is 27.9 Å². The fraction of sp³-hybridized carbons (Fsp3) is 0.917. The molecule has 0 radical (unpaired) electrons. The molecule has 0 aromatic rings. The maximum absolute atomic E-state index is 11.6. The zero-order valence-corrected chi connectivity index (χ0v) is 13.2. The average molecular weight is 309 g/mol. The molecular formula is C12H23NO6S. The summed E-state index contributed by atoms with van der Waals surface area (Å²) in [5, 5.41) is 2.71. The molecule has 118 valence electrons. The van der Waals surface area contributed by atoms with Gasteiger partial charge >= 0.3 is 6.09 Å². The van der Waals surface area contributed by atoms with E-state index in [4.69, 9.17) is 9.47 Å². The highest BCUT2D eigenvalue weighted by Crippen LogP contribution is 2.16. The largest absolute Gasteiger partial charge is 0.444 e. The van der Waals surface area contributed by atoms with Gasteiger partial charge in [-0.2, -0.15) is 8.42 Å². The van der Waals surface area contributed by atoms with Gasteiger partial charge in [0.15, 0.2) is 0 Å². The van der Waals surface area contributed by atoms with Crippen LogP contribution in [0.1, 0.15) is 33.6 Å². The van der Waals surface area contributed by atoms with Crippen molar-refractivity contribution in [3.8, 4) is 0 Å². The third-order valence-electron chi connectivity index (χ3n) is 2.74. The van der Waals surface area contributed by atoms with Crippen LogP contribution in [0, 0.1) is 0 Å². The van der Waals surface area contributed by atoms with Crippen molar-refractivity contribution < 1.29 is 26.9 Å². The van der Waals surface area contributed by atoms with Gasteiger partial charge in [0.1, 0.15) is 11.4 Å². The van der Waals surface area contributed by atoms with E-state index in [0.717, 1.165) is 7.11 Å². The van der Waals surface area contributed by atoms with E-state index in [9.17, 15) is 13.2 Å². The van der Waals surface area contributed by atoms with Gasteiger partial charge in [0.05, 0.1) is 25.9 Å². The number of hydrogen-bond donors (Lipinski definition) is 1. The van der Waals surface area contributed by atoms with Crippen molar-refractivity contribution >= 4 is 16.2 Å². The summed E-state index contributed by atoms with van der Waals surface area (Å²) in [6.45, 7) is 5.63. The number of ether oxygens (including phenoxy) is 2. The van der Waals surface area contributed by atoms with Gasteiger partial charge in [-0.25, -0.2) is 4.79 Å². The number of amides is 1. The van der Waals surface area contributed by atoms with E-state index in [1.165, 1.54) is 0 Å². The van der Waals surface area contributed by atoms with E-state index in [1.54, 1.807) is 20.8 Å². The molecule has 1 aliphatic rings. The highest BCUT2D eigenvalue weighted by atomic mass is 32.2. The number of hydrogen-bond acceptors (Lipinski definition) is 6. The normalized spacial score (nSPS) is 24.2. The van der Waals surface area contributed by atoms with Crippen LogP contribution in [0.4, 0.5) is 4.79 Å². The van der Waals surface area contributed by atoms with Crippen LogP contribution in [0.3, 0.4) is 0 Å². The van der Waals surface area contributed by atoms with Gasteiger partial charge in [-0.1, -0.05) is 0 Å². The van der Waals surface area contributed by atoms with Gasteiger partial charge in [0.2, 0.25) is 0 Å². The molecule has 0 spiro atoms. The minimum atomic E-state index is -3.52. The van der Waals surface area contributed by atoms with E-state index >= 15 is 0 Å². The van der Waals surface area contributed by atoms with Gasteiger partial charge < -0.3 is 14.8 Å². The Balaban J connectivity index is 2.34. The predicted molar refractivity (Wildman–Crippen MR) is 72.9 cm³/mol. The molecule has 1 amide bonds. The molecule has 0 aromatic heterocycles. The summed E-state index contributed by atoms with van der Waals surface area (Å²) in [7, 11) is -2.39. The Morgan fingerprint density at radius 1 is 1.35 bits per heavy atom. The molecule has 1 aliphatic heterocycles. The number of carbonyl (C=O) groups is 1. The summed E-state index contributed by atoms with van der Waals surface area (Å²) in [5.41, 5.74) is -0.547. The van der Waals surface area contributed by atoms with Crippen molar-refractivity contribution in [2.45, 2.75) is 51.4 Å². The summed E-state index contributed by atoms with van der Waals surface area (Å²) in [5.74, 6) is -0.164. The molecule has 0 aliphatic carbocycles. The van der Waals surface area contributed by atoms with Crippen LogP contribution in [-0.2, 0) is 23.8 Å². The van der Waals surface area contributed by atoms with Crippen LogP contribution < -0.4 is 5.32 Å². The van der Waals surface area contributed by atoms with Crippen LogP contribution in [0.15, 0.2) is 0 Å². The molecule has 20 heavy (non-hydrogen) atoms. The van der Waals surface area contributed by atoms with Crippen molar-refractivity contribution in [2.24, 2.45) is 0 Å². The fourth-order valence-corrected chi connectivity index (χ4v) is 2.68. The Morgan fingerprint density at radius 3 is 2.45 bits per heavy atom. The molecule has 1 N–H and O–H groups in total. The third kappa shape index (κ3) is 6.53. The lowest BCUT2D eigenvalue weighted by atomic mass is 10.1. The van der Waals surface area contributed by atoms with Crippen LogP contribution in [0.2, 0.25) is 0 Å². The van der Waals surface area contributed by atoms with Gasteiger partial charge in [-0.15, -0.1) is 0 Å². The molecule has 1 heterocycles. The second-order valence-electron chi connectivity index (χ2n) is 5.77. The summed E-state index contributed by atoms with van der Waals surface area (Å²) in [6, 6.07) is -0.161. The Labute approximate surface area is 120 Å². The Bertz CT molecular complexity index is 420. The topological polar surface area (TPSA) is 90.9 Å². The molecular weight excluding hydrogens is 286 g/mol. The molecule has 0 unspecified atom stereocenters. The molecule has 0 bridgehead atoms. The lowest BCUT2D eigenvalue weighted by Gasteiger charge is -2.30. The van der Waals surface area contributed by atoms with Crippen LogP contribution in [-0.4, -0.2) is 51.7 Å². The monoisotopic (exact) mass is 309 g/mol. The number of alkyl carbamates (subject to hydrolysis) is 1. The first-order chi connectivity index (χ1) is 9.11. The molecule has 7 nitrogen and oxygen atoms in total. The zero-order valence-electron chi connectivity index (χ0n) is 12.3. The maximum Gasteiger partial charge on any atom is 0.407 e. The molecule has 1 rings (SSSR count). The van der Waals surface area contributed by atoms with Gasteiger partial charge in [-0.05, 0) is 33.6 Å². The highest BCUT2D eigenvalue weighted by molar-refractivity contribution is 7.86. The Morgan fingerprint density at radius 2 is 2.00 bits per heavy atom. The first-order valence-electron chi connectivity index (χ1n) is 6.51. The van der Waals surface area contributed by atoms with Crippen molar-refractivity contribution in [1.82, 2.24) is 5.32 Å². The molecule has 8 heteroatoms. The number of nitrogens with one attached hydrogen (secondary N) is 1. The Hall–Kier alpha value is -0.860. The van der Waals surface area contributed by atoms with E-state index in [2.05, 4.69) is 9.50 Å². The van der Waals surface area contributed by atoms with Gasteiger partial charge in [-0.3, -0.25) is 4.18 Å². The minimum Gasteiger partial charge on any atom is -0.444 e. The smallest absolute Gasteiger partial charge is 0.407 e. The van der Waals surface area contributed by atoms with Gasteiger partial charge in [0, 0.05) is 0 Å². The van der Waals surface area contributed by atoms with Crippen molar-refractivity contribution in [3.05, 3.63) is 0 Å². The van der Waals surface area contributed by atoms with E-state index in [-0.39, 0.29) is 18.4 Å². The maximum atomic E-state index is 11.6. The summed E-state index contributed by atoms with van der Waals surface area (Å²) < 4.78 is 37.5. The van der Waals surface area contributed by atoms with Crippen LogP contribution in [0.25, 0.3) is 0 Å². The van der Waals surface area contributed by atoms with Crippen LogP contribution >= 0.6 is 0 Å². The first kappa shape index (κ1) is 17.2. The number of carbonyl (C=O) groups excluding carboxylic acids is 1. The highest BCUT2D eigenvalue weighted by Gasteiger charge is 2.28. The van der Waals surface area contributed by atoms with Crippen molar-refractivity contribution in [1.29, 1.82) is 0 Å². The molecule has 0 aromatic carbocycles. The predicted octanol–water partition coefficient (Wildman–Crippen LogP) is 1.03. The molecule has 1 fully saturated rings. The fourth-order valence-electron chi connectivity index (χ4n) is 1.82. The van der Waals surface area contributed by atoms with Crippen molar-refractivity contribution in [2.75, 3.05) is 19.5 Å². The standard InChI is InChI=1S/C12H23NO6S/c1-12(2,3)19-11(14)13-9-5-6-10(18-7-9)8-20(15,16)17-4/h9-10H,5-8H2,1-4H3,(H,13,14)/t9-,10+/m1/s1. The molecule has 0 saturated carbocycles. The average Bonchev–Trinajstić information content (AvgIpc) is 2.29.